The van der Waals surface area contributed by atoms with Crippen LogP contribution in [0.2, 0.25) is 0 Å². The van der Waals surface area contributed by atoms with E-state index in [4.69, 9.17) is 0 Å². The van der Waals surface area contributed by atoms with Crippen LogP contribution in [0, 0.1) is 13.8 Å². The highest BCUT2D eigenvalue weighted by Crippen LogP contribution is 2.24. The quantitative estimate of drug-likeness (QED) is 0.657. The predicted octanol–water partition coefficient (Wildman–Crippen LogP) is 4.96. The van der Waals surface area contributed by atoms with E-state index in [0.29, 0.717) is 0 Å². The molecule has 0 aliphatic rings. The summed E-state index contributed by atoms with van der Waals surface area (Å²) in [4.78, 5) is 4.49. The van der Waals surface area contributed by atoms with Gasteiger partial charge >= 0.3 is 0 Å². The van der Waals surface area contributed by atoms with Crippen LogP contribution in [0.15, 0.2) is 66.9 Å². The first-order valence-electron chi connectivity index (χ1n) is 7.29. The van der Waals surface area contributed by atoms with Crippen LogP contribution in [0.3, 0.4) is 0 Å². The summed E-state index contributed by atoms with van der Waals surface area (Å²) in [6, 6.07) is 21.3. The van der Waals surface area contributed by atoms with Gasteiger partial charge in [-0.2, -0.15) is 0 Å². The van der Waals surface area contributed by atoms with E-state index in [0.717, 1.165) is 12.1 Å². The molecule has 0 atom stereocenters. The Morgan fingerprint density at radius 1 is 0.810 bits per heavy atom. The van der Waals surface area contributed by atoms with E-state index in [1.54, 1.807) is 0 Å². The molecule has 104 valence electrons. The molecule has 0 saturated heterocycles. The minimum atomic E-state index is 0.940. The fourth-order valence-corrected chi connectivity index (χ4v) is 2.84. The molecule has 2 aromatic carbocycles. The maximum absolute atomic E-state index is 4.49. The van der Waals surface area contributed by atoms with Crippen molar-refractivity contribution in [2.75, 3.05) is 0 Å². The molecule has 0 radical (unpaired) electrons. The van der Waals surface area contributed by atoms with Crippen LogP contribution in [0.5, 0.6) is 0 Å². The molecular weight excluding hydrogens is 254 g/mol. The first-order valence-corrected chi connectivity index (χ1v) is 7.29. The molecule has 21 heavy (non-hydrogen) atoms. The average Bonchev–Trinajstić information content (AvgIpc) is 2.48. The molecular formula is C20H19N. The first kappa shape index (κ1) is 13.6. The Bertz CT molecular complexity index is 725. The highest BCUT2D eigenvalue weighted by Gasteiger charge is 2.06. The molecule has 0 aliphatic heterocycles. The molecule has 1 heteroatoms. The van der Waals surface area contributed by atoms with Crippen LogP contribution < -0.4 is 0 Å². The molecule has 3 aromatic rings. The van der Waals surface area contributed by atoms with Gasteiger partial charge in [-0.05, 0) is 43.5 Å². The van der Waals surface area contributed by atoms with Gasteiger partial charge in [0.05, 0.1) is 5.69 Å². The summed E-state index contributed by atoms with van der Waals surface area (Å²) < 4.78 is 0. The summed E-state index contributed by atoms with van der Waals surface area (Å²) in [6.45, 7) is 4.31. The predicted molar refractivity (Wildman–Crippen MR) is 88.4 cm³/mol. The van der Waals surface area contributed by atoms with Gasteiger partial charge in [-0.25, -0.2) is 0 Å². The second-order valence-electron chi connectivity index (χ2n) is 5.54. The Labute approximate surface area is 126 Å². The Hall–Kier alpha value is -2.41. The Morgan fingerprint density at radius 2 is 1.52 bits per heavy atom. The molecule has 0 amide bonds. The fraction of sp³-hybridized carbons (Fsp3) is 0.150. The Balaban J connectivity index is 2.00. The molecule has 3 rings (SSSR count). The lowest BCUT2D eigenvalue weighted by atomic mass is 9.96. The molecule has 0 bridgehead atoms. The molecule has 0 fully saturated rings. The SMILES string of the molecule is Cc1cc(C)cc(Cc2ccccc2-c2ccccn2)c1. The summed E-state index contributed by atoms with van der Waals surface area (Å²) in [5.41, 5.74) is 7.58. The molecule has 0 saturated carbocycles. The van der Waals surface area contributed by atoms with E-state index < -0.39 is 0 Å². The van der Waals surface area contributed by atoms with E-state index in [9.17, 15) is 0 Å². The highest BCUT2D eigenvalue weighted by molar-refractivity contribution is 5.64. The summed E-state index contributed by atoms with van der Waals surface area (Å²) in [7, 11) is 0. The van der Waals surface area contributed by atoms with Crippen LogP contribution in [0.4, 0.5) is 0 Å². The first-order chi connectivity index (χ1) is 10.2. The molecule has 0 unspecified atom stereocenters. The third-order valence-corrected chi connectivity index (χ3v) is 3.63. The summed E-state index contributed by atoms with van der Waals surface area (Å²) in [5.74, 6) is 0. The van der Waals surface area contributed by atoms with Crippen molar-refractivity contribution in [2.45, 2.75) is 20.3 Å². The lowest BCUT2D eigenvalue weighted by Crippen LogP contribution is -1.94. The number of aromatic nitrogens is 1. The van der Waals surface area contributed by atoms with Gasteiger partial charge in [-0.3, -0.25) is 4.98 Å². The van der Waals surface area contributed by atoms with E-state index >= 15 is 0 Å². The number of aryl methyl sites for hydroxylation is 2. The van der Waals surface area contributed by atoms with Crippen molar-refractivity contribution in [2.24, 2.45) is 0 Å². The zero-order chi connectivity index (χ0) is 14.7. The molecule has 1 aromatic heterocycles. The van der Waals surface area contributed by atoms with Crippen LogP contribution in [0.1, 0.15) is 22.3 Å². The molecule has 1 heterocycles. The van der Waals surface area contributed by atoms with Crippen molar-refractivity contribution >= 4 is 0 Å². The van der Waals surface area contributed by atoms with Crippen LogP contribution >= 0.6 is 0 Å². The van der Waals surface area contributed by atoms with Crippen molar-refractivity contribution < 1.29 is 0 Å². The lowest BCUT2D eigenvalue weighted by Gasteiger charge is -2.10. The van der Waals surface area contributed by atoms with Gasteiger partial charge in [-0.1, -0.05) is 59.7 Å². The summed E-state index contributed by atoms with van der Waals surface area (Å²) in [5, 5.41) is 0. The van der Waals surface area contributed by atoms with Crippen molar-refractivity contribution in [3.05, 3.63) is 89.1 Å². The van der Waals surface area contributed by atoms with E-state index in [1.165, 1.54) is 27.8 Å². The van der Waals surface area contributed by atoms with Gasteiger partial charge in [0.2, 0.25) is 0 Å². The number of hydrogen-bond donors (Lipinski definition) is 0. The Morgan fingerprint density at radius 3 is 2.24 bits per heavy atom. The molecule has 0 N–H and O–H groups in total. The lowest BCUT2D eigenvalue weighted by molar-refractivity contribution is 1.16. The number of hydrogen-bond acceptors (Lipinski definition) is 1. The zero-order valence-corrected chi connectivity index (χ0v) is 12.5. The minimum absolute atomic E-state index is 0.940. The molecule has 1 nitrogen and oxygen atoms in total. The highest BCUT2D eigenvalue weighted by atomic mass is 14.7. The number of nitrogens with zero attached hydrogens (tertiary/aromatic N) is 1. The van der Waals surface area contributed by atoms with Crippen LogP contribution in [0.25, 0.3) is 11.3 Å². The average molecular weight is 273 g/mol. The molecule has 0 aliphatic carbocycles. The second kappa shape index (κ2) is 5.92. The van der Waals surface area contributed by atoms with Gasteiger partial charge in [0.15, 0.2) is 0 Å². The van der Waals surface area contributed by atoms with Crippen LogP contribution in [-0.2, 0) is 6.42 Å². The van der Waals surface area contributed by atoms with Crippen molar-refractivity contribution in [3.63, 3.8) is 0 Å². The maximum atomic E-state index is 4.49. The van der Waals surface area contributed by atoms with Gasteiger partial charge < -0.3 is 0 Å². The smallest absolute Gasteiger partial charge is 0.0704 e. The fourth-order valence-electron chi connectivity index (χ4n) is 2.84. The summed E-state index contributed by atoms with van der Waals surface area (Å²) >= 11 is 0. The monoisotopic (exact) mass is 273 g/mol. The van der Waals surface area contributed by atoms with Crippen LogP contribution in [-0.4, -0.2) is 4.98 Å². The Kier molecular flexibility index (Phi) is 3.83. The van der Waals surface area contributed by atoms with E-state index in [-0.39, 0.29) is 0 Å². The topological polar surface area (TPSA) is 12.9 Å². The van der Waals surface area contributed by atoms with Gasteiger partial charge in [0.1, 0.15) is 0 Å². The van der Waals surface area contributed by atoms with Gasteiger partial charge in [0, 0.05) is 11.8 Å². The van der Waals surface area contributed by atoms with Crippen molar-refractivity contribution in [1.29, 1.82) is 0 Å². The number of pyridine rings is 1. The molecule has 0 spiro atoms. The second-order valence-corrected chi connectivity index (χ2v) is 5.54. The third-order valence-electron chi connectivity index (χ3n) is 3.63. The van der Waals surface area contributed by atoms with E-state index in [1.807, 2.05) is 18.3 Å². The minimum Gasteiger partial charge on any atom is -0.256 e. The third kappa shape index (κ3) is 3.19. The standard InChI is InChI=1S/C20H19N/c1-15-11-16(2)13-17(12-15)14-18-7-3-4-8-19(18)20-9-5-6-10-21-20/h3-13H,14H2,1-2H3. The largest absolute Gasteiger partial charge is 0.256 e. The van der Waals surface area contributed by atoms with Gasteiger partial charge in [0.25, 0.3) is 0 Å². The normalized spacial score (nSPS) is 10.6. The van der Waals surface area contributed by atoms with Gasteiger partial charge in [-0.15, -0.1) is 0 Å². The van der Waals surface area contributed by atoms with Crippen molar-refractivity contribution in [3.8, 4) is 11.3 Å². The zero-order valence-electron chi connectivity index (χ0n) is 12.5. The summed E-state index contributed by atoms with van der Waals surface area (Å²) in [6.07, 6.45) is 2.79. The maximum Gasteiger partial charge on any atom is 0.0704 e. The number of rotatable bonds is 3. The number of benzene rings is 2. The van der Waals surface area contributed by atoms with E-state index in [2.05, 4.69) is 67.4 Å². The van der Waals surface area contributed by atoms with Crippen molar-refractivity contribution in [1.82, 2.24) is 4.98 Å².